The Morgan fingerprint density at radius 1 is 1.32 bits per heavy atom. The number of nitrogens with one attached hydrogen (secondary N) is 1. The zero-order valence-corrected chi connectivity index (χ0v) is 11.7. The molecule has 0 fully saturated rings. The van der Waals surface area contributed by atoms with Gasteiger partial charge in [0.15, 0.2) is 0 Å². The van der Waals surface area contributed by atoms with Crippen molar-refractivity contribution < 1.29 is 4.52 Å². The van der Waals surface area contributed by atoms with Gasteiger partial charge in [0.1, 0.15) is 23.7 Å². The Morgan fingerprint density at radius 3 is 2.63 bits per heavy atom. The molecule has 0 radical (unpaired) electrons. The lowest BCUT2D eigenvalue weighted by Gasteiger charge is -2.14. The minimum Gasteiger partial charge on any atom is -0.383 e. The van der Waals surface area contributed by atoms with E-state index >= 15 is 0 Å². The smallest absolute Gasteiger partial charge is 0.138 e. The van der Waals surface area contributed by atoms with Crippen LogP contribution in [0.25, 0.3) is 0 Å². The maximum atomic E-state index is 5.91. The Hall–Kier alpha value is -2.11. The van der Waals surface area contributed by atoms with Gasteiger partial charge in [0, 0.05) is 17.7 Å². The lowest BCUT2D eigenvalue weighted by molar-refractivity contribution is 0.392. The first-order chi connectivity index (χ1) is 9.00. The topological polar surface area (TPSA) is 89.9 Å². The first-order valence-corrected chi connectivity index (χ1v) is 6.26. The van der Waals surface area contributed by atoms with Crippen LogP contribution >= 0.6 is 0 Å². The third-order valence-electron chi connectivity index (χ3n) is 3.11. The Morgan fingerprint density at radius 2 is 2.05 bits per heavy atom. The number of aryl methyl sites for hydroxylation is 2. The molecule has 0 unspecified atom stereocenters. The van der Waals surface area contributed by atoms with Crippen LogP contribution in [0.3, 0.4) is 0 Å². The van der Waals surface area contributed by atoms with Gasteiger partial charge in [-0.3, -0.25) is 0 Å². The number of anilines is 2. The van der Waals surface area contributed by atoms with Crippen molar-refractivity contribution >= 4 is 11.6 Å². The Balaban J connectivity index is 2.23. The van der Waals surface area contributed by atoms with Crippen molar-refractivity contribution in [1.82, 2.24) is 15.1 Å². The van der Waals surface area contributed by atoms with E-state index in [0.29, 0.717) is 12.4 Å². The number of nitrogen functional groups attached to an aromatic ring is 1. The van der Waals surface area contributed by atoms with Crippen molar-refractivity contribution in [2.45, 2.75) is 40.2 Å². The second-order valence-corrected chi connectivity index (χ2v) is 4.83. The van der Waals surface area contributed by atoms with Crippen molar-refractivity contribution in [2.75, 3.05) is 11.1 Å². The molecule has 0 saturated carbocycles. The molecule has 19 heavy (non-hydrogen) atoms. The first-order valence-electron chi connectivity index (χ1n) is 6.26. The van der Waals surface area contributed by atoms with E-state index in [2.05, 4.69) is 34.3 Å². The molecule has 0 amide bonds. The summed E-state index contributed by atoms with van der Waals surface area (Å²) in [5, 5.41) is 7.22. The summed E-state index contributed by atoms with van der Waals surface area (Å²) in [5.41, 5.74) is 8.78. The summed E-state index contributed by atoms with van der Waals surface area (Å²) >= 11 is 0. The lowest BCUT2D eigenvalue weighted by Crippen LogP contribution is -2.10. The van der Waals surface area contributed by atoms with Crippen LogP contribution in [0.4, 0.5) is 11.6 Å². The highest BCUT2D eigenvalue weighted by Crippen LogP contribution is 2.27. The van der Waals surface area contributed by atoms with Gasteiger partial charge in [0.05, 0.1) is 5.69 Å². The highest BCUT2D eigenvalue weighted by atomic mass is 16.5. The molecule has 2 aromatic rings. The third-order valence-corrected chi connectivity index (χ3v) is 3.11. The van der Waals surface area contributed by atoms with E-state index in [0.717, 1.165) is 28.4 Å². The van der Waals surface area contributed by atoms with E-state index in [4.69, 9.17) is 10.3 Å². The standard InChI is InChI=1S/C13H19N5O/c1-7(2)11-12(14)16-6-17-13(11)15-5-10-8(3)18-19-9(10)4/h6-7H,5H2,1-4H3,(H3,14,15,16,17). The van der Waals surface area contributed by atoms with E-state index in [-0.39, 0.29) is 5.92 Å². The van der Waals surface area contributed by atoms with E-state index in [9.17, 15) is 0 Å². The van der Waals surface area contributed by atoms with Crippen LogP contribution in [0.5, 0.6) is 0 Å². The predicted octanol–water partition coefficient (Wildman–Crippen LogP) is 2.40. The van der Waals surface area contributed by atoms with E-state index < -0.39 is 0 Å². The van der Waals surface area contributed by atoms with Crippen LogP contribution in [0, 0.1) is 13.8 Å². The van der Waals surface area contributed by atoms with Crippen LogP contribution < -0.4 is 11.1 Å². The van der Waals surface area contributed by atoms with Crippen LogP contribution in [0.1, 0.15) is 42.3 Å². The predicted molar refractivity (Wildman–Crippen MR) is 73.8 cm³/mol. The van der Waals surface area contributed by atoms with Gasteiger partial charge in [-0.15, -0.1) is 0 Å². The van der Waals surface area contributed by atoms with Crippen LogP contribution in [-0.4, -0.2) is 15.1 Å². The fourth-order valence-electron chi connectivity index (χ4n) is 2.05. The molecule has 3 N–H and O–H groups in total. The van der Waals surface area contributed by atoms with E-state index in [1.807, 2.05) is 13.8 Å². The first kappa shape index (κ1) is 13.3. The molecule has 2 aromatic heterocycles. The Kier molecular flexibility index (Phi) is 3.69. The molecule has 102 valence electrons. The molecule has 0 bridgehead atoms. The zero-order valence-electron chi connectivity index (χ0n) is 11.7. The molecule has 2 rings (SSSR count). The van der Waals surface area contributed by atoms with Gasteiger partial charge in [-0.1, -0.05) is 19.0 Å². The zero-order chi connectivity index (χ0) is 14.0. The quantitative estimate of drug-likeness (QED) is 0.878. The summed E-state index contributed by atoms with van der Waals surface area (Å²) < 4.78 is 5.14. The molecule has 0 aliphatic carbocycles. The Bertz CT molecular complexity index is 557. The van der Waals surface area contributed by atoms with Gasteiger partial charge in [-0.25, -0.2) is 9.97 Å². The molecule has 6 heteroatoms. The minimum atomic E-state index is 0.258. The molecule has 0 saturated heterocycles. The van der Waals surface area contributed by atoms with Gasteiger partial charge < -0.3 is 15.6 Å². The number of nitrogens with two attached hydrogens (primary N) is 1. The molecule has 0 aliphatic heterocycles. The maximum absolute atomic E-state index is 5.91. The van der Waals surface area contributed by atoms with Gasteiger partial charge in [-0.05, 0) is 19.8 Å². The molecule has 0 aliphatic rings. The normalized spacial score (nSPS) is 11.0. The highest BCUT2D eigenvalue weighted by Gasteiger charge is 2.14. The summed E-state index contributed by atoms with van der Waals surface area (Å²) in [4.78, 5) is 8.30. The average Bonchev–Trinajstić information content (AvgIpc) is 2.66. The monoisotopic (exact) mass is 261 g/mol. The summed E-state index contributed by atoms with van der Waals surface area (Å²) in [7, 11) is 0. The maximum Gasteiger partial charge on any atom is 0.138 e. The summed E-state index contributed by atoms with van der Waals surface area (Å²) in [5.74, 6) is 2.36. The van der Waals surface area contributed by atoms with Crippen molar-refractivity contribution in [3.63, 3.8) is 0 Å². The van der Waals surface area contributed by atoms with E-state index in [1.165, 1.54) is 6.33 Å². The van der Waals surface area contributed by atoms with E-state index in [1.54, 1.807) is 0 Å². The SMILES string of the molecule is Cc1noc(C)c1CNc1ncnc(N)c1C(C)C. The average molecular weight is 261 g/mol. The molecule has 0 aromatic carbocycles. The number of rotatable bonds is 4. The second kappa shape index (κ2) is 5.26. The number of nitrogens with zero attached hydrogens (tertiary/aromatic N) is 3. The summed E-state index contributed by atoms with van der Waals surface area (Å²) in [6, 6.07) is 0. The second-order valence-electron chi connectivity index (χ2n) is 4.83. The van der Waals surface area contributed by atoms with Crippen LogP contribution in [0.15, 0.2) is 10.9 Å². The molecule has 0 atom stereocenters. The number of hydrogen-bond donors (Lipinski definition) is 2. The van der Waals surface area contributed by atoms with Gasteiger partial charge in [0.2, 0.25) is 0 Å². The molecule has 0 spiro atoms. The molecule has 6 nitrogen and oxygen atoms in total. The van der Waals surface area contributed by atoms with Crippen molar-refractivity contribution in [3.05, 3.63) is 28.9 Å². The molecular weight excluding hydrogens is 242 g/mol. The summed E-state index contributed by atoms with van der Waals surface area (Å²) in [6.07, 6.45) is 1.47. The number of aromatic nitrogens is 3. The summed E-state index contributed by atoms with van der Waals surface area (Å²) in [6.45, 7) is 8.56. The fraction of sp³-hybridized carbons (Fsp3) is 0.462. The molecule has 2 heterocycles. The largest absolute Gasteiger partial charge is 0.383 e. The third kappa shape index (κ3) is 2.67. The highest BCUT2D eigenvalue weighted by molar-refractivity contribution is 5.56. The van der Waals surface area contributed by atoms with Gasteiger partial charge >= 0.3 is 0 Å². The van der Waals surface area contributed by atoms with Crippen molar-refractivity contribution in [1.29, 1.82) is 0 Å². The van der Waals surface area contributed by atoms with Crippen molar-refractivity contribution in [3.8, 4) is 0 Å². The van der Waals surface area contributed by atoms with Gasteiger partial charge in [0.25, 0.3) is 0 Å². The van der Waals surface area contributed by atoms with Crippen LogP contribution in [0.2, 0.25) is 0 Å². The Labute approximate surface area is 112 Å². The number of hydrogen-bond acceptors (Lipinski definition) is 6. The van der Waals surface area contributed by atoms with Gasteiger partial charge in [-0.2, -0.15) is 0 Å². The van der Waals surface area contributed by atoms with Crippen molar-refractivity contribution in [2.24, 2.45) is 0 Å². The minimum absolute atomic E-state index is 0.258. The fourth-order valence-corrected chi connectivity index (χ4v) is 2.05. The van der Waals surface area contributed by atoms with Crippen LogP contribution in [-0.2, 0) is 6.54 Å². The lowest BCUT2D eigenvalue weighted by atomic mass is 10.0. The molecular formula is C13H19N5O.